The Kier molecular flexibility index (Phi) is 4.33. The Labute approximate surface area is 133 Å². The van der Waals surface area contributed by atoms with Gasteiger partial charge in [0.2, 0.25) is 11.8 Å². The van der Waals surface area contributed by atoms with Crippen LogP contribution in [0.5, 0.6) is 5.88 Å². The molecule has 23 heavy (non-hydrogen) atoms. The first-order valence-corrected chi connectivity index (χ1v) is 7.20. The number of carbonyl (C=O) groups is 1. The zero-order valence-corrected chi connectivity index (χ0v) is 12.4. The lowest BCUT2D eigenvalue weighted by Crippen LogP contribution is -2.05. The molecule has 2 aromatic heterocycles. The summed E-state index contributed by atoms with van der Waals surface area (Å²) in [5, 5.41) is 0.734. The maximum atomic E-state index is 10.9. The van der Waals surface area contributed by atoms with Gasteiger partial charge in [0, 0.05) is 24.3 Å². The van der Waals surface area contributed by atoms with E-state index in [2.05, 4.69) is 27.1 Å². The molecule has 6 heteroatoms. The number of H-pyrrole nitrogens is 1. The average molecular weight is 308 g/mol. The van der Waals surface area contributed by atoms with E-state index in [1.165, 1.54) is 18.0 Å². The summed E-state index contributed by atoms with van der Waals surface area (Å²) in [5.74, 6) is -0.0287. The molecule has 3 rings (SSSR count). The van der Waals surface area contributed by atoms with Crippen LogP contribution in [0.25, 0.3) is 17.1 Å². The van der Waals surface area contributed by atoms with Gasteiger partial charge in [-0.2, -0.15) is 0 Å². The number of ether oxygens (including phenoxy) is 1. The number of nitrogens with zero attached hydrogens (tertiary/aromatic N) is 2. The number of rotatable bonds is 6. The smallest absolute Gasteiger partial charge is 0.241 e. The number of nitrogens with two attached hydrogens (primary N) is 1. The molecule has 0 atom stereocenters. The number of fused-ring (bicyclic) bond motifs is 1. The normalized spacial score (nSPS) is 11.1. The molecular weight excluding hydrogens is 292 g/mol. The predicted molar refractivity (Wildman–Crippen MR) is 87.8 cm³/mol. The van der Waals surface area contributed by atoms with Crippen molar-refractivity contribution in [3.8, 4) is 5.88 Å². The number of hydrogen-bond acceptors (Lipinski definition) is 4. The van der Waals surface area contributed by atoms with Crippen LogP contribution in [0.1, 0.15) is 11.1 Å². The fourth-order valence-electron chi connectivity index (χ4n) is 2.28. The van der Waals surface area contributed by atoms with E-state index in [9.17, 15) is 4.79 Å². The summed E-state index contributed by atoms with van der Waals surface area (Å²) in [6.07, 6.45) is 6.88. The van der Waals surface area contributed by atoms with Crippen molar-refractivity contribution in [3.63, 3.8) is 0 Å². The Morgan fingerprint density at radius 3 is 2.87 bits per heavy atom. The number of amides is 1. The molecule has 0 bridgehead atoms. The van der Waals surface area contributed by atoms with Gasteiger partial charge in [-0.15, -0.1) is 0 Å². The van der Waals surface area contributed by atoms with Gasteiger partial charge in [0.1, 0.15) is 12.0 Å². The summed E-state index contributed by atoms with van der Waals surface area (Å²) >= 11 is 0. The molecule has 1 amide bonds. The topological polar surface area (TPSA) is 93.9 Å². The number of benzene rings is 1. The minimum Gasteiger partial charge on any atom is -0.477 e. The van der Waals surface area contributed by atoms with E-state index in [1.54, 1.807) is 12.3 Å². The highest BCUT2D eigenvalue weighted by atomic mass is 16.5. The van der Waals surface area contributed by atoms with E-state index in [1.807, 2.05) is 18.2 Å². The minimum atomic E-state index is -0.511. The van der Waals surface area contributed by atoms with Gasteiger partial charge < -0.3 is 15.5 Å². The van der Waals surface area contributed by atoms with E-state index in [0.717, 1.165) is 17.4 Å². The van der Waals surface area contributed by atoms with Gasteiger partial charge in [0.05, 0.1) is 12.0 Å². The first kappa shape index (κ1) is 14.8. The fraction of sp³-hybridized carbons (Fsp3) is 0.118. The van der Waals surface area contributed by atoms with Crippen LogP contribution in [-0.4, -0.2) is 27.5 Å². The molecule has 116 valence electrons. The number of primary amides is 1. The summed E-state index contributed by atoms with van der Waals surface area (Å²) in [4.78, 5) is 22.3. The van der Waals surface area contributed by atoms with Crippen molar-refractivity contribution < 1.29 is 9.53 Å². The molecule has 0 aliphatic rings. The van der Waals surface area contributed by atoms with Crippen LogP contribution in [0.2, 0.25) is 0 Å². The number of hydrogen-bond donors (Lipinski definition) is 2. The first-order chi connectivity index (χ1) is 11.2. The summed E-state index contributed by atoms with van der Waals surface area (Å²) in [6.45, 7) is 0.500. The largest absolute Gasteiger partial charge is 0.477 e. The second-order valence-corrected chi connectivity index (χ2v) is 4.97. The molecule has 2 heterocycles. The van der Waals surface area contributed by atoms with Crippen LogP contribution in [-0.2, 0) is 11.2 Å². The molecule has 0 aliphatic carbocycles. The van der Waals surface area contributed by atoms with Crippen molar-refractivity contribution >= 4 is 23.0 Å². The van der Waals surface area contributed by atoms with Crippen molar-refractivity contribution in [2.45, 2.75) is 6.42 Å². The second-order valence-electron chi connectivity index (χ2n) is 4.97. The van der Waals surface area contributed by atoms with Gasteiger partial charge in [-0.25, -0.2) is 9.97 Å². The van der Waals surface area contributed by atoms with Gasteiger partial charge in [-0.1, -0.05) is 30.3 Å². The van der Waals surface area contributed by atoms with Crippen molar-refractivity contribution in [2.75, 3.05) is 6.61 Å². The van der Waals surface area contributed by atoms with Crippen LogP contribution in [0.15, 0.2) is 48.9 Å². The third kappa shape index (κ3) is 3.55. The highest BCUT2D eigenvalue weighted by molar-refractivity contribution is 5.96. The molecule has 0 unspecified atom stereocenters. The van der Waals surface area contributed by atoms with Crippen LogP contribution in [0.3, 0.4) is 0 Å². The van der Waals surface area contributed by atoms with Gasteiger partial charge in [-0.3, -0.25) is 4.79 Å². The lowest BCUT2D eigenvalue weighted by atomic mass is 10.2. The second kappa shape index (κ2) is 6.74. The van der Waals surface area contributed by atoms with E-state index in [4.69, 9.17) is 10.5 Å². The summed E-state index contributed by atoms with van der Waals surface area (Å²) < 4.78 is 5.81. The van der Waals surface area contributed by atoms with Crippen molar-refractivity contribution in [1.29, 1.82) is 0 Å². The van der Waals surface area contributed by atoms with Crippen molar-refractivity contribution in [3.05, 3.63) is 60.1 Å². The Balaban J connectivity index is 1.80. The summed E-state index contributed by atoms with van der Waals surface area (Å²) in [5.41, 5.74) is 7.74. The number of nitrogens with one attached hydrogen (secondary N) is 1. The predicted octanol–water partition coefficient (Wildman–Crippen LogP) is 2.08. The van der Waals surface area contributed by atoms with Gasteiger partial charge in [0.25, 0.3) is 0 Å². The van der Waals surface area contributed by atoms with Crippen LogP contribution in [0.4, 0.5) is 0 Å². The highest BCUT2D eigenvalue weighted by Gasteiger charge is 2.10. The van der Waals surface area contributed by atoms with Gasteiger partial charge in [-0.05, 0) is 11.6 Å². The maximum absolute atomic E-state index is 10.9. The van der Waals surface area contributed by atoms with Gasteiger partial charge in [0.15, 0.2) is 0 Å². The third-order valence-corrected chi connectivity index (χ3v) is 3.37. The number of aromatic nitrogens is 3. The third-order valence-electron chi connectivity index (χ3n) is 3.37. The SMILES string of the molecule is NC(=O)C=Cc1c[nH]c2ncnc(OCCc3ccccc3)c12. The van der Waals surface area contributed by atoms with Gasteiger partial charge >= 0.3 is 0 Å². The van der Waals surface area contributed by atoms with Crippen LogP contribution < -0.4 is 10.5 Å². The quantitative estimate of drug-likeness (QED) is 0.682. The molecule has 6 nitrogen and oxygen atoms in total. The molecule has 3 aromatic rings. The monoisotopic (exact) mass is 308 g/mol. The Morgan fingerprint density at radius 2 is 2.09 bits per heavy atom. The zero-order chi connectivity index (χ0) is 16.1. The Bertz CT molecular complexity index is 840. The van der Waals surface area contributed by atoms with Crippen LogP contribution >= 0.6 is 0 Å². The summed E-state index contributed by atoms with van der Waals surface area (Å²) in [6, 6.07) is 10.1. The molecule has 0 radical (unpaired) electrons. The Hall–Kier alpha value is -3.15. The zero-order valence-electron chi connectivity index (χ0n) is 12.4. The summed E-state index contributed by atoms with van der Waals surface area (Å²) in [7, 11) is 0. The van der Waals surface area contributed by atoms with Crippen molar-refractivity contribution in [2.24, 2.45) is 5.73 Å². The van der Waals surface area contributed by atoms with Crippen molar-refractivity contribution in [1.82, 2.24) is 15.0 Å². The lowest BCUT2D eigenvalue weighted by Gasteiger charge is -2.06. The van der Waals surface area contributed by atoms with E-state index in [0.29, 0.717) is 18.1 Å². The van der Waals surface area contributed by atoms with E-state index >= 15 is 0 Å². The molecule has 3 N–H and O–H groups in total. The molecule has 0 saturated carbocycles. The minimum absolute atomic E-state index is 0.483. The first-order valence-electron chi connectivity index (χ1n) is 7.20. The average Bonchev–Trinajstić information content (AvgIpc) is 2.98. The molecule has 0 aliphatic heterocycles. The lowest BCUT2D eigenvalue weighted by molar-refractivity contribution is -0.113. The van der Waals surface area contributed by atoms with E-state index in [-0.39, 0.29) is 0 Å². The maximum Gasteiger partial charge on any atom is 0.241 e. The highest BCUT2D eigenvalue weighted by Crippen LogP contribution is 2.26. The molecular formula is C17H16N4O2. The number of aromatic amines is 1. The standard InChI is InChI=1S/C17H16N4O2/c18-14(22)7-6-13-10-19-16-15(13)17(21-11-20-16)23-9-8-12-4-2-1-3-5-12/h1-7,10-11H,8-9H2,(H2,18,22)(H,19,20,21). The van der Waals surface area contributed by atoms with E-state index < -0.39 is 5.91 Å². The molecule has 0 saturated heterocycles. The Morgan fingerprint density at radius 1 is 1.26 bits per heavy atom. The molecule has 0 fully saturated rings. The fourth-order valence-corrected chi connectivity index (χ4v) is 2.28. The van der Waals surface area contributed by atoms with Crippen LogP contribution in [0, 0.1) is 0 Å². The number of carbonyl (C=O) groups excluding carboxylic acids is 1. The molecule has 0 spiro atoms. The molecule has 1 aromatic carbocycles.